The Morgan fingerprint density at radius 2 is 2.00 bits per heavy atom. The predicted molar refractivity (Wildman–Crippen MR) is 56.6 cm³/mol. The molecule has 18 heavy (non-hydrogen) atoms. The maximum atomic E-state index is 12.4. The first-order valence-electron chi connectivity index (χ1n) is 5.81. The van der Waals surface area contributed by atoms with Crippen molar-refractivity contribution in [3.63, 3.8) is 0 Å². The predicted octanol–water partition coefficient (Wildman–Crippen LogP) is -0.116. The highest BCUT2D eigenvalue weighted by atomic mass is 16.8. The fourth-order valence-corrected chi connectivity index (χ4v) is 2.52. The lowest BCUT2D eigenvalue weighted by Crippen LogP contribution is -2.58. The Morgan fingerprint density at radius 1 is 1.28 bits per heavy atom. The minimum absolute atomic E-state index is 0.0810. The molecule has 3 fully saturated rings. The van der Waals surface area contributed by atoms with Crippen molar-refractivity contribution in [2.75, 3.05) is 20.2 Å². The topological polar surface area (TPSA) is 74.3 Å². The maximum absolute atomic E-state index is 12.4. The molecule has 3 heterocycles. The van der Waals surface area contributed by atoms with Crippen LogP contribution >= 0.6 is 0 Å². The van der Waals surface area contributed by atoms with Gasteiger partial charge < -0.3 is 23.8 Å². The summed E-state index contributed by atoms with van der Waals surface area (Å²) in [6.07, 6.45) is -1.75. The van der Waals surface area contributed by atoms with Crippen molar-refractivity contribution in [1.82, 2.24) is 4.90 Å². The van der Waals surface area contributed by atoms with E-state index in [0.717, 1.165) is 0 Å². The summed E-state index contributed by atoms with van der Waals surface area (Å²) >= 11 is 0. The van der Waals surface area contributed by atoms with Crippen LogP contribution in [0.4, 0.5) is 4.79 Å². The third kappa shape index (κ3) is 1.54. The van der Waals surface area contributed by atoms with Crippen molar-refractivity contribution in [1.29, 1.82) is 0 Å². The smallest absolute Gasteiger partial charge is 0.407 e. The number of Topliss-reactive ketones (excluding diaryl/α,β-unsaturated/α-hetero) is 1. The maximum Gasteiger partial charge on any atom is 0.412 e. The monoisotopic (exact) mass is 257 g/mol. The Morgan fingerprint density at radius 3 is 2.61 bits per heavy atom. The molecule has 0 unspecified atom stereocenters. The van der Waals surface area contributed by atoms with E-state index in [1.54, 1.807) is 20.9 Å². The van der Waals surface area contributed by atoms with Gasteiger partial charge in [-0.3, -0.25) is 4.79 Å². The van der Waals surface area contributed by atoms with E-state index in [2.05, 4.69) is 0 Å². The van der Waals surface area contributed by atoms with Gasteiger partial charge in [0.05, 0.1) is 13.2 Å². The molecule has 7 heteroatoms. The molecule has 0 bridgehead atoms. The molecule has 0 aliphatic carbocycles. The van der Waals surface area contributed by atoms with Crippen molar-refractivity contribution in [2.24, 2.45) is 0 Å². The van der Waals surface area contributed by atoms with E-state index in [1.165, 1.54) is 4.90 Å². The number of amides is 1. The summed E-state index contributed by atoms with van der Waals surface area (Å²) in [6, 6.07) is 0. The van der Waals surface area contributed by atoms with Crippen LogP contribution in [0.1, 0.15) is 13.8 Å². The lowest BCUT2D eigenvalue weighted by Gasteiger charge is -2.34. The number of carbonyl (C=O) groups is 2. The van der Waals surface area contributed by atoms with Gasteiger partial charge in [0, 0.05) is 7.05 Å². The molecule has 100 valence electrons. The number of likely N-dealkylation sites (N-methyl/N-ethyl adjacent to an activating group) is 1. The van der Waals surface area contributed by atoms with Gasteiger partial charge >= 0.3 is 6.09 Å². The molecule has 3 atom stereocenters. The van der Waals surface area contributed by atoms with Gasteiger partial charge in [-0.1, -0.05) is 0 Å². The second-order valence-electron chi connectivity index (χ2n) is 5.25. The number of ketones is 1. The minimum Gasteiger partial charge on any atom is -0.407 e. The molecule has 7 nitrogen and oxygen atoms in total. The van der Waals surface area contributed by atoms with Gasteiger partial charge in [0.1, 0.15) is 6.10 Å². The van der Waals surface area contributed by atoms with Gasteiger partial charge in [0.25, 0.3) is 5.79 Å². The minimum atomic E-state index is -1.53. The van der Waals surface area contributed by atoms with Crippen molar-refractivity contribution in [3.8, 4) is 0 Å². The van der Waals surface area contributed by atoms with Crippen molar-refractivity contribution >= 4 is 11.9 Å². The average Bonchev–Trinajstić information content (AvgIpc) is 2.73. The fraction of sp³-hybridized carbons (Fsp3) is 0.818. The molecule has 3 rings (SSSR count). The van der Waals surface area contributed by atoms with E-state index in [1.807, 2.05) is 0 Å². The Bertz CT molecular complexity index is 422. The van der Waals surface area contributed by atoms with Crippen molar-refractivity contribution in [2.45, 2.75) is 37.6 Å². The highest BCUT2D eigenvalue weighted by Gasteiger charge is 2.62. The van der Waals surface area contributed by atoms with E-state index < -0.39 is 29.9 Å². The second kappa shape index (κ2) is 3.43. The first-order valence-corrected chi connectivity index (χ1v) is 5.81. The number of ether oxygens (including phenoxy) is 4. The lowest BCUT2D eigenvalue weighted by molar-refractivity contribution is -0.219. The van der Waals surface area contributed by atoms with E-state index in [0.29, 0.717) is 0 Å². The molecule has 0 radical (unpaired) electrons. The Labute approximate surface area is 104 Å². The molecule has 3 aliphatic rings. The molecule has 3 aliphatic heterocycles. The number of rotatable bonds is 0. The second-order valence-corrected chi connectivity index (χ2v) is 5.25. The van der Waals surface area contributed by atoms with E-state index in [4.69, 9.17) is 18.9 Å². The highest BCUT2D eigenvalue weighted by Crippen LogP contribution is 2.38. The molecule has 0 aromatic rings. The molecule has 1 amide bonds. The zero-order valence-electron chi connectivity index (χ0n) is 10.5. The van der Waals surface area contributed by atoms with Gasteiger partial charge in [-0.05, 0) is 13.8 Å². The van der Waals surface area contributed by atoms with Crippen LogP contribution in [0, 0.1) is 0 Å². The summed E-state index contributed by atoms with van der Waals surface area (Å²) in [6.45, 7) is 3.72. The Hall–Kier alpha value is -1.18. The van der Waals surface area contributed by atoms with Crippen LogP contribution in [0.2, 0.25) is 0 Å². The van der Waals surface area contributed by atoms with Crippen LogP contribution in [0.25, 0.3) is 0 Å². The lowest BCUT2D eigenvalue weighted by atomic mass is 9.99. The highest BCUT2D eigenvalue weighted by molar-refractivity contribution is 5.95. The zero-order chi connectivity index (χ0) is 13.1. The first kappa shape index (κ1) is 11.9. The van der Waals surface area contributed by atoms with Crippen LogP contribution in [0.15, 0.2) is 0 Å². The van der Waals surface area contributed by atoms with E-state index >= 15 is 0 Å². The largest absolute Gasteiger partial charge is 0.412 e. The summed E-state index contributed by atoms with van der Waals surface area (Å²) in [5.74, 6) is -2.74. The third-order valence-corrected chi connectivity index (χ3v) is 3.31. The van der Waals surface area contributed by atoms with Crippen molar-refractivity contribution in [3.05, 3.63) is 0 Å². The molecule has 0 N–H and O–H groups in total. The summed E-state index contributed by atoms with van der Waals surface area (Å²) in [5, 5.41) is 0. The van der Waals surface area contributed by atoms with E-state index in [9.17, 15) is 9.59 Å². The first-order chi connectivity index (χ1) is 8.33. The van der Waals surface area contributed by atoms with Crippen LogP contribution in [0.5, 0.6) is 0 Å². The van der Waals surface area contributed by atoms with Crippen molar-refractivity contribution < 1.29 is 28.5 Å². The molecular weight excluding hydrogens is 242 g/mol. The fourth-order valence-electron chi connectivity index (χ4n) is 2.52. The quantitative estimate of drug-likeness (QED) is 0.602. The number of hydrogen-bond acceptors (Lipinski definition) is 6. The Kier molecular flexibility index (Phi) is 2.27. The summed E-state index contributed by atoms with van der Waals surface area (Å²) in [7, 11) is 1.55. The van der Waals surface area contributed by atoms with Gasteiger partial charge in [0.2, 0.25) is 5.78 Å². The average molecular weight is 257 g/mol. The Balaban J connectivity index is 1.86. The number of nitrogens with zero attached hydrogens (tertiary/aromatic N) is 1. The summed E-state index contributed by atoms with van der Waals surface area (Å²) in [4.78, 5) is 25.1. The zero-order valence-corrected chi connectivity index (χ0v) is 10.5. The van der Waals surface area contributed by atoms with Crippen LogP contribution in [-0.4, -0.2) is 60.8 Å². The van der Waals surface area contributed by atoms with Crippen LogP contribution < -0.4 is 0 Å². The normalized spacial score (nSPS) is 42.3. The SMILES string of the molecule is CN1C[C@]2(OC[C@H]3OC(C)(C)O[C@H]3C2=O)OC1=O. The van der Waals surface area contributed by atoms with Crippen LogP contribution in [0.3, 0.4) is 0 Å². The number of carbonyl (C=O) groups excluding carboxylic acids is 2. The standard InChI is InChI=1S/C11H15NO6/c1-10(2)16-6-4-15-11(8(13)7(6)17-10)5-12(3)9(14)18-11/h6-7H,4-5H2,1-3H3/t6-,7-,11+/m1/s1. The number of hydrogen-bond donors (Lipinski definition) is 0. The molecule has 0 aromatic heterocycles. The molecule has 3 saturated heterocycles. The van der Waals surface area contributed by atoms with Gasteiger partial charge in [0.15, 0.2) is 11.9 Å². The summed E-state index contributed by atoms with van der Waals surface area (Å²) < 4.78 is 21.6. The number of fused-ring (bicyclic) bond motifs is 1. The van der Waals surface area contributed by atoms with Gasteiger partial charge in [-0.25, -0.2) is 4.79 Å². The van der Waals surface area contributed by atoms with Gasteiger partial charge in [-0.2, -0.15) is 0 Å². The molecule has 0 saturated carbocycles. The summed E-state index contributed by atoms with van der Waals surface area (Å²) in [5.41, 5.74) is 0. The molecular formula is C11H15NO6. The van der Waals surface area contributed by atoms with E-state index in [-0.39, 0.29) is 18.9 Å². The molecule has 1 spiro atoms. The van der Waals surface area contributed by atoms with Crippen LogP contribution in [-0.2, 0) is 23.7 Å². The van der Waals surface area contributed by atoms with Gasteiger partial charge in [-0.15, -0.1) is 0 Å². The third-order valence-electron chi connectivity index (χ3n) is 3.31. The molecule has 0 aromatic carbocycles.